The zero-order valence-electron chi connectivity index (χ0n) is 15.8. The molecule has 0 radical (unpaired) electrons. The maximum absolute atomic E-state index is 13.5. The van der Waals surface area contributed by atoms with Gasteiger partial charge in [-0.05, 0) is 60.7 Å². The van der Waals surface area contributed by atoms with Gasteiger partial charge in [0.2, 0.25) is 5.16 Å². The molecule has 3 heterocycles. The van der Waals surface area contributed by atoms with Gasteiger partial charge in [-0.15, -0.1) is 5.10 Å². The molecule has 29 heavy (non-hydrogen) atoms. The fraction of sp³-hybridized carbons (Fsp3) is 0.150. The van der Waals surface area contributed by atoms with Crippen molar-refractivity contribution in [3.05, 3.63) is 77.5 Å². The Hall–Kier alpha value is -3.33. The molecule has 0 amide bonds. The van der Waals surface area contributed by atoms with Crippen LogP contribution in [0, 0.1) is 19.7 Å². The molecule has 3 aromatic heterocycles. The molecule has 0 fully saturated rings. The lowest BCUT2D eigenvalue weighted by molar-refractivity contribution is 0.102. The van der Waals surface area contributed by atoms with Crippen molar-refractivity contribution in [2.45, 2.75) is 19.0 Å². The number of nitrogens with zero attached hydrogens (tertiary/aromatic N) is 6. The number of ketones is 1. The lowest BCUT2D eigenvalue weighted by Gasteiger charge is -2.08. The molecule has 0 N–H and O–H groups in total. The van der Waals surface area contributed by atoms with Gasteiger partial charge >= 0.3 is 0 Å². The molecule has 0 aliphatic rings. The van der Waals surface area contributed by atoms with Crippen LogP contribution in [0.15, 0.2) is 59.9 Å². The maximum Gasteiger partial charge on any atom is 0.214 e. The minimum Gasteiger partial charge on any atom is -0.302 e. The van der Waals surface area contributed by atoms with Crippen molar-refractivity contribution < 1.29 is 9.18 Å². The molecule has 0 unspecified atom stereocenters. The molecule has 0 aliphatic heterocycles. The van der Waals surface area contributed by atoms with Gasteiger partial charge in [0.25, 0.3) is 0 Å². The number of hydrogen-bond acceptors (Lipinski definition) is 6. The van der Waals surface area contributed by atoms with E-state index in [1.54, 1.807) is 18.3 Å². The summed E-state index contributed by atoms with van der Waals surface area (Å²) < 4.78 is 16.9. The first kappa shape index (κ1) is 19.0. The van der Waals surface area contributed by atoms with Crippen LogP contribution in [-0.4, -0.2) is 41.3 Å². The average molecular weight is 408 g/mol. The van der Waals surface area contributed by atoms with Crippen LogP contribution in [0.3, 0.4) is 0 Å². The van der Waals surface area contributed by atoms with Crippen LogP contribution in [0.25, 0.3) is 11.5 Å². The second-order valence-electron chi connectivity index (χ2n) is 6.37. The highest BCUT2D eigenvalue weighted by Gasteiger charge is 2.19. The van der Waals surface area contributed by atoms with E-state index in [1.807, 2.05) is 42.7 Å². The van der Waals surface area contributed by atoms with E-state index >= 15 is 0 Å². The Morgan fingerprint density at radius 1 is 1.14 bits per heavy atom. The minimum atomic E-state index is -0.382. The standard InChI is InChI=1S/C20H17FN6OS/c1-13-10-17(14(2)26(13)19-8-3-4-9-22-19)18(28)12-29-20-23-24-25-27(20)16-7-5-6-15(21)11-16/h3-11H,12H2,1-2H3. The average Bonchev–Trinajstić information content (AvgIpc) is 3.31. The number of aryl methyl sites for hydroxylation is 1. The fourth-order valence-corrected chi connectivity index (χ4v) is 3.90. The quantitative estimate of drug-likeness (QED) is 0.358. The lowest BCUT2D eigenvalue weighted by atomic mass is 10.2. The third kappa shape index (κ3) is 3.81. The van der Waals surface area contributed by atoms with Gasteiger partial charge in [-0.3, -0.25) is 4.79 Å². The molecule has 7 nitrogen and oxygen atoms in total. The summed E-state index contributed by atoms with van der Waals surface area (Å²) in [4.78, 5) is 17.2. The normalized spacial score (nSPS) is 11.0. The van der Waals surface area contributed by atoms with E-state index in [9.17, 15) is 9.18 Å². The van der Waals surface area contributed by atoms with E-state index in [4.69, 9.17) is 0 Å². The molecule has 9 heteroatoms. The zero-order chi connectivity index (χ0) is 20.4. The number of thioether (sulfide) groups is 1. The van der Waals surface area contributed by atoms with Gasteiger partial charge in [0.1, 0.15) is 11.6 Å². The largest absolute Gasteiger partial charge is 0.302 e. The highest BCUT2D eigenvalue weighted by atomic mass is 32.2. The number of carbonyl (C=O) groups is 1. The zero-order valence-corrected chi connectivity index (χ0v) is 16.6. The number of pyridine rings is 1. The Balaban J connectivity index is 1.54. The van der Waals surface area contributed by atoms with Crippen molar-refractivity contribution in [1.29, 1.82) is 0 Å². The van der Waals surface area contributed by atoms with E-state index in [-0.39, 0.29) is 17.4 Å². The molecule has 0 spiro atoms. The molecule has 4 rings (SSSR count). The molecule has 4 aromatic rings. The smallest absolute Gasteiger partial charge is 0.214 e. The Kier molecular flexibility index (Phi) is 5.22. The second-order valence-corrected chi connectivity index (χ2v) is 7.32. The number of halogens is 1. The summed E-state index contributed by atoms with van der Waals surface area (Å²) in [5, 5.41) is 11.9. The first-order valence-corrected chi connectivity index (χ1v) is 9.84. The van der Waals surface area contributed by atoms with Crippen molar-refractivity contribution in [3.63, 3.8) is 0 Å². The predicted octanol–water partition coefficient (Wildman–Crippen LogP) is 3.58. The number of benzene rings is 1. The van der Waals surface area contributed by atoms with E-state index in [0.717, 1.165) is 17.2 Å². The van der Waals surface area contributed by atoms with Crippen LogP contribution in [0.1, 0.15) is 21.7 Å². The molecule has 1 aromatic carbocycles. The van der Waals surface area contributed by atoms with Gasteiger partial charge < -0.3 is 4.57 Å². The van der Waals surface area contributed by atoms with Gasteiger partial charge in [0, 0.05) is 23.1 Å². The molecule has 0 atom stereocenters. The molecule has 0 aliphatic carbocycles. The number of carbonyl (C=O) groups excluding carboxylic acids is 1. The van der Waals surface area contributed by atoms with Gasteiger partial charge in [0.15, 0.2) is 5.78 Å². The summed E-state index contributed by atoms with van der Waals surface area (Å²) in [5.41, 5.74) is 2.89. The van der Waals surface area contributed by atoms with E-state index in [2.05, 4.69) is 20.5 Å². The van der Waals surface area contributed by atoms with Crippen LogP contribution < -0.4 is 0 Å². The Morgan fingerprint density at radius 2 is 2.00 bits per heavy atom. The molecule has 0 saturated carbocycles. The second kappa shape index (κ2) is 7.96. The SMILES string of the molecule is Cc1cc(C(=O)CSc2nnnn2-c2cccc(F)c2)c(C)n1-c1ccccn1. The lowest BCUT2D eigenvalue weighted by Crippen LogP contribution is -2.07. The monoisotopic (exact) mass is 408 g/mol. The van der Waals surface area contributed by atoms with E-state index < -0.39 is 0 Å². The van der Waals surface area contributed by atoms with Crippen molar-refractivity contribution in [3.8, 4) is 11.5 Å². The summed E-state index contributed by atoms with van der Waals surface area (Å²) >= 11 is 1.21. The first-order chi connectivity index (χ1) is 14.0. The van der Waals surface area contributed by atoms with E-state index in [1.165, 1.54) is 28.6 Å². The third-order valence-corrected chi connectivity index (χ3v) is 5.36. The minimum absolute atomic E-state index is 0.0425. The summed E-state index contributed by atoms with van der Waals surface area (Å²) in [5.74, 6) is 0.498. The Labute approximate surface area is 170 Å². The van der Waals surface area contributed by atoms with Crippen LogP contribution in [0.5, 0.6) is 0 Å². The van der Waals surface area contributed by atoms with Gasteiger partial charge in [-0.25, -0.2) is 9.37 Å². The molecule has 146 valence electrons. The Bertz CT molecular complexity index is 1170. The summed E-state index contributed by atoms with van der Waals surface area (Å²) in [7, 11) is 0. The van der Waals surface area contributed by atoms with Crippen LogP contribution >= 0.6 is 11.8 Å². The van der Waals surface area contributed by atoms with Crippen LogP contribution in [-0.2, 0) is 0 Å². The first-order valence-electron chi connectivity index (χ1n) is 8.85. The highest BCUT2D eigenvalue weighted by molar-refractivity contribution is 7.99. The van der Waals surface area contributed by atoms with E-state index in [0.29, 0.717) is 16.4 Å². The van der Waals surface area contributed by atoms with Crippen LogP contribution in [0.4, 0.5) is 4.39 Å². The fourth-order valence-electron chi connectivity index (χ4n) is 3.13. The number of hydrogen-bond donors (Lipinski definition) is 0. The van der Waals surface area contributed by atoms with Crippen molar-refractivity contribution in [2.75, 3.05) is 5.75 Å². The van der Waals surface area contributed by atoms with Crippen molar-refractivity contribution in [2.24, 2.45) is 0 Å². The van der Waals surface area contributed by atoms with Crippen molar-refractivity contribution in [1.82, 2.24) is 29.8 Å². The predicted molar refractivity (Wildman–Crippen MR) is 107 cm³/mol. The molecular weight excluding hydrogens is 391 g/mol. The molecule has 0 saturated heterocycles. The molecule has 0 bridgehead atoms. The third-order valence-electron chi connectivity index (χ3n) is 4.44. The topological polar surface area (TPSA) is 78.5 Å². The summed E-state index contributed by atoms with van der Waals surface area (Å²) in [6.45, 7) is 3.84. The maximum atomic E-state index is 13.5. The molecular formula is C20H17FN6OS. The van der Waals surface area contributed by atoms with Crippen LogP contribution in [0.2, 0.25) is 0 Å². The summed E-state index contributed by atoms with van der Waals surface area (Å²) in [6.07, 6.45) is 1.72. The number of aromatic nitrogens is 6. The van der Waals surface area contributed by atoms with Gasteiger partial charge in [-0.2, -0.15) is 4.68 Å². The summed E-state index contributed by atoms with van der Waals surface area (Å²) in [6, 6.07) is 13.5. The highest BCUT2D eigenvalue weighted by Crippen LogP contribution is 2.24. The Morgan fingerprint density at radius 3 is 2.76 bits per heavy atom. The number of rotatable bonds is 6. The van der Waals surface area contributed by atoms with Crippen molar-refractivity contribution >= 4 is 17.5 Å². The van der Waals surface area contributed by atoms with Gasteiger partial charge in [-0.1, -0.05) is 23.9 Å². The van der Waals surface area contributed by atoms with Gasteiger partial charge in [0.05, 0.1) is 11.4 Å². The number of Topliss-reactive ketones (excluding diaryl/α,β-unsaturated/α-hetero) is 1. The number of tetrazole rings is 1.